The number of aromatic nitrogens is 1. The standard InChI is InChI=1S/C16H20FN3O/c1-2-21-15-9-5-11-19-16(15)20(12-6-10-18)14-8-4-3-7-13(14)17/h3-5,7-9,11H,2,6,10,12,18H2,1H3. The second-order valence-corrected chi connectivity index (χ2v) is 4.50. The number of hydrogen-bond acceptors (Lipinski definition) is 4. The number of anilines is 2. The summed E-state index contributed by atoms with van der Waals surface area (Å²) in [5.41, 5.74) is 6.07. The van der Waals surface area contributed by atoms with Crippen molar-refractivity contribution < 1.29 is 9.13 Å². The Bertz CT molecular complexity index is 577. The van der Waals surface area contributed by atoms with Gasteiger partial charge in [-0.05, 0) is 44.2 Å². The molecule has 1 aromatic carbocycles. The van der Waals surface area contributed by atoms with Gasteiger partial charge in [-0.2, -0.15) is 0 Å². The summed E-state index contributed by atoms with van der Waals surface area (Å²) in [5.74, 6) is 0.959. The fraction of sp³-hybridized carbons (Fsp3) is 0.312. The van der Waals surface area contributed by atoms with Gasteiger partial charge < -0.3 is 15.4 Å². The Labute approximate surface area is 124 Å². The van der Waals surface area contributed by atoms with E-state index in [-0.39, 0.29) is 5.82 Å². The van der Waals surface area contributed by atoms with Gasteiger partial charge in [-0.15, -0.1) is 0 Å². The molecule has 5 heteroatoms. The average molecular weight is 289 g/mol. The van der Waals surface area contributed by atoms with Gasteiger partial charge in [0.25, 0.3) is 0 Å². The molecule has 0 radical (unpaired) electrons. The molecule has 0 unspecified atom stereocenters. The second-order valence-electron chi connectivity index (χ2n) is 4.50. The van der Waals surface area contributed by atoms with Gasteiger partial charge in [0.15, 0.2) is 11.6 Å². The molecule has 1 aromatic heterocycles. The van der Waals surface area contributed by atoms with Crippen LogP contribution in [0.1, 0.15) is 13.3 Å². The molecule has 2 aromatic rings. The van der Waals surface area contributed by atoms with Gasteiger partial charge in [-0.3, -0.25) is 0 Å². The van der Waals surface area contributed by atoms with E-state index in [0.717, 1.165) is 6.42 Å². The van der Waals surface area contributed by atoms with E-state index in [2.05, 4.69) is 4.98 Å². The summed E-state index contributed by atoms with van der Waals surface area (Å²) in [4.78, 5) is 6.17. The number of ether oxygens (including phenoxy) is 1. The number of rotatable bonds is 7. The molecule has 112 valence electrons. The lowest BCUT2D eigenvalue weighted by Gasteiger charge is -2.25. The zero-order valence-corrected chi connectivity index (χ0v) is 12.1. The lowest BCUT2D eigenvalue weighted by molar-refractivity contribution is 0.339. The molecule has 21 heavy (non-hydrogen) atoms. The van der Waals surface area contributed by atoms with Crippen molar-refractivity contribution in [1.82, 2.24) is 4.98 Å². The minimum absolute atomic E-state index is 0.289. The Morgan fingerprint density at radius 2 is 2.05 bits per heavy atom. The molecule has 0 aliphatic carbocycles. The fourth-order valence-corrected chi connectivity index (χ4v) is 2.11. The topological polar surface area (TPSA) is 51.4 Å². The zero-order valence-electron chi connectivity index (χ0n) is 12.1. The van der Waals surface area contributed by atoms with Crippen LogP contribution in [0.4, 0.5) is 15.9 Å². The monoisotopic (exact) mass is 289 g/mol. The third-order valence-electron chi connectivity index (χ3n) is 3.04. The highest BCUT2D eigenvalue weighted by Gasteiger charge is 2.18. The first kappa shape index (κ1) is 15.3. The van der Waals surface area contributed by atoms with Crippen molar-refractivity contribution in [2.24, 2.45) is 5.73 Å². The molecular formula is C16H20FN3O. The summed E-state index contributed by atoms with van der Waals surface area (Å²) in [5, 5.41) is 0. The first-order valence-corrected chi connectivity index (χ1v) is 7.08. The first-order valence-electron chi connectivity index (χ1n) is 7.08. The van der Waals surface area contributed by atoms with E-state index in [4.69, 9.17) is 10.5 Å². The lowest BCUT2D eigenvalue weighted by atomic mass is 10.2. The van der Waals surface area contributed by atoms with Crippen LogP contribution in [0.2, 0.25) is 0 Å². The number of nitrogens with two attached hydrogens (primary N) is 1. The quantitative estimate of drug-likeness (QED) is 0.851. The third-order valence-corrected chi connectivity index (χ3v) is 3.04. The van der Waals surface area contributed by atoms with Gasteiger partial charge in [0.1, 0.15) is 5.82 Å². The Balaban J connectivity index is 2.43. The van der Waals surface area contributed by atoms with Crippen LogP contribution in [0.25, 0.3) is 0 Å². The third kappa shape index (κ3) is 3.70. The highest BCUT2D eigenvalue weighted by molar-refractivity contribution is 5.65. The molecule has 0 aliphatic rings. The molecule has 0 atom stereocenters. The van der Waals surface area contributed by atoms with Gasteiger partial charge in [-0.25, -0.2) is 9.37 Å². The van der Waals surface area contributed by atoms with E-state index in [9.17, 15) is 4.39 Å². The van der Waals surface area contributed by atoms with E-state index in [1.54, 1.807) is 30.5 Å². The predicted octanol–water partition coefficient (Wildman–Crippen LogP) is 3.11. The fourth-order valence-electron chi connectivity index (χ4n) is 2.11. The largest absolute Gasteiger partial charge is 0.490 e. The number of halogens is 1. The zero-order chi connectivity index (χ0) is 15.1. The molecule has 0 saturated heterocycles. The molecule has 0 bridgehead atoms. The molecule has 0 saturated carbocycles. The van der Waals surface area contributed by atoms with Gasteiger partial charge >= 0.3 is 0 Å². The number of para-hydroxylation sites is 1. The molecule has 0 aliphatic heterocycles. The molecule has 0 amide bonds. The van der Waals surface area contributed by atoms with Crippen LogP contribution >= 0.6 is 0 Å². The molecule has 4 nitrogen and oxygen atoms in total. The van der Waals surface area contributed by atoms with Crippen LogP contribution in [0.5, 0.6) is 5.75 Å². The van der Waals surface area contributed by atoms with Gasteiger partial charge in [0, 0.05) is 12.7 Å². The molecule has 2 rings (SSSR count). The normalized spacial score (nSPS) is 10.4. The summed E-state index contributed by atoms with van der Waals surface area (Å²) in [6, 6.07) is 10.3. The van der Waals surface area contributed by atoms with Gasteiger partial charge in [-0.1, -0.05) is 12.1 Å². The summed E-state index contributed by atoms with van der Waals surface area (Å²) < 4.78 is 19.7. The predicted molar refractivity (Wildman–Crippen MR) is 82.5 cm³/mol. The Morgan fingerprint density at radius 1 is 1.24 bits per heavy atom. The summed E-state index contributed by atoms with van der Waals surface area (Å²) in [7, 11) is 0. The number of nitrogens with zero attached hydrogens (tertiary/aromatic N) is 2. The van der Waals surface area contributed by atoms with Crippen LogP contribution in [0, 0.1) is 5.82 Å². The van der Waals surface area contributed by atoms with Crippen molar-refractivity contribution in [1.29, 1.82) is 0 Å². The van der Waals surface area contributed by atoms with E-state index >= 15 is 0 Å². The van der Waals surface area contributed by atoms with E-state index in [1.165, 1.54) is 6.07 Å². The average Bonchev–Trinajstić information content (AvgIpc) is 2.51. The lowest BCUT2D eigenvalue weighted by Crippen LogP contribution is -2.23. The molecule has 2 N–H and O–H groups in total. The van der Waals surface area contributed by atoms with Crippen LogP contribution in [0.3, 0.4) is 0 Å². The van der Waals surface area contributed by atoms with Gasteiger partial charge in [0.05, 0.1) is 12.3 Å². The molecule has 0 spiro atoms. The molecule has 0 fully saturated rings. The van der Waals surface area contributed by atoms with Crippen LogP contribution < -0.4 is 15.4 Å². The van der Waals surface area contributed by atoms with Crippen molar-refractivity contribution >= 4 is 11.5 Å². The highest BCUT2D eigenvalue weighted by Crippen LogP contribution is 2.33. The smallest absolute Gasteiger partial charge is 0.175 e. The molecule has 1 heterocycles. The van der Waals surface area contributed by atoms with Crippen LogP contribution in [-0.4, -0.2) is 24.7 Å². The minimum atomic E-state index is -0.289. The maximum absolute atomic E-state index is 14.1. The number of pyridine rings is 1. The van der Waals surface area contributed by atoms with Crippen molar-refractivity contribution in [2.75, 3.05) is 24.6 Å². The molecular weight excluding hydrogens is 269 g/mol. The Kier molecular flexibility index (Phi) is 5.51. The summed E-state index contributed by atoms with van der Waals surface area (Å²) in [6.07, 6.45) is 2.41. The number of hydrogen-bond donors (Lipinski definition) is 1. The number of benzene rings is 1. The maximum Gasteiger partial charge on any atom is 0.175 e. The highest BCUT2D eigenvalue weighted by atomic mass is 19.1. The van der Waals surface area contributed by atoms with Crippen LogP contribution in [0.15, 0.2) is 42.6 Å². The first-order chi connectivity index (χ1) is 10.3. The van der Waals surface area contributed by atoms with Crippen molar-refractivity contribution in [2.45, 2.75) is 13.3 Å². The Morgan fingerprint density at radius 3 is 2.76 bits per heavy atom. The maximum atomic E-state index is 14.1. The SMILES string of the molecule is CCOc1cccnc1N(CCCN)c1ccccc1F. The van der Waals surface area contributed by atoms with Crippen molar-refractivity contribution in [3.05, 3.63) is 48.4 Å². The van der Waals surface area contributed by atoms with Crippen molar-refractivity contribution in [3.63, 3.8) is 0 Å². The summed E-state index contributed by atoms with van der Waals surface area (Å²) in [6.45, 7) is 3.54. The van der Waals surface area contributed by atoms with E-state index in [1.807, 2.05) is 17.9 Å². The van der Waals surface area contributed by atoms with E-state index in [0.29, 0.717) is 37.0 Å². The van der Waals surface area contributed by atoms with Gasteiger partial charge in [0.2, 0.25) is 0 Å². The van der Waals surface area contributed by atoms with Crippen molar-refractivity contribution in [3.8, 4) is 5.75 Å². The summed E-state index contributed by atoms with van der Waals surface area (Å²) >= 11 is 0. The van der Waals surface area contributed by atoms with Crippen LogP contribution in [-0.2, 0) is 0 Å². The Hall–Kier alpha value is -2.14. The second kappa shape index (κ2) is 7.59. The minimum Gasteiger partial charge on any atom is -0.490 e. The van der Waals surface area contributed by atoms with E-state index < -0.39 is 0 Å².